The van der Waals surface area contributed by atoms with Crippen molar-refractivity contribution in [1.82, 2.24) is 9.61 Å². The summed E-state index contributed by atoms with van der Waals surface area (Å²) in [7, 11) is 7.07. The SMILES string of the molecule is [B]c1cc(I)c2c(C(=O)OC)c(C)nn2c1. The van der Waals surface area contributed by atoms with E-state index in [2.05, 4.69) is 27.7 Å². The fraction of sp³-hybridized carbons (Fsp3) is 0.200. The van der Waals surface area contributed by atoms with Crippen LogP contribution >= 0.6 is 22.6 Å². The van der Waals surface area contributed by atoms with Crippen molar-refractivity contribution in [3.63, 3.8) is 0 Å². The van der Waals surface area contributed by atoms with Crippen LogP contribution < -0.4 is 5.46 Å². The summed E-state index contributed by atoms with van der Waals surface area (Å²) >= 11 is 2.12. The second kappa shape index (κ2) is 4.08. The first-order chi connectivity index (χ1) is 7.54. The lowest BCUT2D eigenvalue weighted by atomic mass is 9.99. The Bertz CT molecular complexity index is 580. The fourth-order valence-corrected chi connectivity index (χ4v) is 2.49. The number of aryl methyl sites for hydroxylation is 1. The van der Waals surface area contributed by atoms with E-state index in [1.54, 1.807) is 23.7 Å². The van der Waals surface area contributed by atoms with Gasteiger partial charge in [0.2, 0.25) is 0 Å². The zero-order valence-corrected chi connectivity index (χ0v) is 11.0. The van der Waals surface area contributed by atoms with E-state index >= 15 is 0 Å². The van der Waals surface area contributed by atoms with Gasteiger partial charge in [0.25, 0.3) is 0 Å². The van der Waals surface area contributed by atoms with Crippen LogP contribution in [0.5, 0.6) is 0 Å². The second-order valence-corrected chi connectivity index (χ2v) is 4.53. The van der Waals surface area contributed by atoms with Crippen LogP contribution in [-0.4, -0.2) is 30.5 Å². The molecule has 0 fully saturated rings. The van der Waals surface area contributed by atoms with Gasteiger partial charge in [0.05, 0.1) is 18.3 Å². The molecular weight excluding hydrogens is 318 g/mol. The van der Waals surface area contributed by atoms with Gasteiger partial charge in [-0.05, 0) is 29.5 Å². The topological polar surface area (TPSA) is 43.6 Å². The van der Waals surface area contributed by atoms with E-state index in [9.17, 15) is 4.79 Å². The first kappa shape index (κ1) is 11.4. The zero-order valence-electron chi connectivity index (χ0n) is 8.82. The van der Waals surface area contributed by atoms with E-state index in [0.29, 0.717) is 16.7 Å². The van der Waals surface area contributed by atoms with E-state index in [1.807, 2.05) is 0 Å². The molecule has 6 heteroatoms. The van der Waals surface area contributed by atoms with E-state index in [1.165, 1.54) is 7.11 Å². The Morgan fingerprint density at radius 3 is 2.94 bits per heavy atom. The van der Waals surface area contributed by atoms with Gasteiger partial charge in [0.15, 0.2) is 0 Å². The van der Waals surface area contributed by atoms with Crippen LogP contribution in [0.15, 0.2) is 12.3 Å². The summed E-state index contributed by atoms with van der Waals surface area (Å²) in [4.78, 5) is 11.6. The van der Waals surface area contributed by atoms with Crippen LogP contribution in [0.25, 0.3) is 5.52 Å². The van der Waals surface area contributed by atoms with Gasteiger partial charge in [0, 0.05) is 9.77 Å². The highest BCUT2D eigenvalue weighted by atomic mass is 127. The number of hydrogen-bond donors (Lipinski definition) is 0. The third-order valence-corrected chi connectivity index (χ3v) is 3.09. The lowest BCUT2D eigenvalue weighted by molar-refractivity contribution is 0.0602. The zero-order chi connectivity index (χ0) is 11.9. The molecule has 0 saturated heterocycles. The number of aromatic nitrogens is 2. The van der Waals surface area contributed by atoms with Crippen molar-refractivity contribution in [2.75, 3.05) is 7.11 Å². The summed E-state index contributed by atoms with van der Waals surface area (Å²) in [5.41, 5.74) is 2.47. The molecule has 0 bridgehead atoms. The largest absolute Gasteiger partial charge is 0.465 e. The Labute approximate surface area is 108 Å². The molecule has 0 saturated carbocycles. The number of esters is 1. The highest BCUT2D eigenvalue weighted by Gasteiger charge is 2.19. The first-order valence-electron chi connectivity index (χ1n) is 4.57. The predicted molar refractivity (Wildman–Crippen MR) is 69.4 cm³/mol. The molecule has 0 amide bonds. The van der Waals surface area contributed by atoms with E-state index in [-0.39, 0.29) is 5.97 Å². The van der Waals surface area contributed by atoms with Gasteiger partial charge in [-0.1, -0.05) is 11.5 Å². The highest BCUT2D eigenvalue weighted by Crippen LogP contribution is 2.20. The van der Waals surface area contributed by atoms with Crippen molar-refractivity contribution in [3.8, 4) is 0 Å². The third-order valence-electron chi connectivity index (χ3n) is 2.27. The average Bonchev–Trinajstić information content (AvgIpc) is 2.53. The summed E-state index contributed by atoms with van der Waals surface area (Å²) < 4.78 is 7.23. The predicted octanol–water partition coefficient (Wildman–Crippen LogP) is 0.828. The second-order valence-electron chi connectivity index (χ2n) is 3.37. The number of rotatable bonds is 1. The maximum Gasteiger partial charge on any atom is 0.342 e. The van der Waals surface area contributed by atoms with Crippen LogP contribution in [0.4, 0.5) is 0 Å². The molecule has 0 aromatic carbocycles. The summed E-state index contributed by atoms with van der Waals surface area (Å²) in [6.45, 7) is 1.77. The van der Waals surface area contributed by atoms with Crippen LogP contribution in [0, 0.1) is 10.5 Å². The number of hydrogen-bond acceptors (Lipinski definition) is 3. The number of halogens is 1. The molecule has 0 aliphatic rings. The van der Waals surface area contributed by atoms with E-state index in [0.717, 1.165) is 9.09 Å². The molecule has 0 spiro atoms. The quantitative estimate of drug-likeness (QED) is 0.443. The molecular formula is C10H8BIN2O2. The van der Waals surface area contributed by atoms with Crippen molar-refractivity contribution in [2.24, 2.45) is 0 Å². The van der Waals surface area contributed by atoms with Crippen LogP contribution in [0.2, 0.25) is 0 Å². The van der Waals surface area contributed by atoms with Gasteiger partial charge in [-0.15, -0.1) is 0 Å². The molecule has 2 rings (SSSR count). The minimum atomic E-state index is -0.379. The summed E-state index contributed by atoms with van der Waals surface area (Å²) in [5, 5.41) is 4.23. The van der Waals surface area contributed by atoms with Gasteiger partial charge in [-0.25, -0.2) is 9.31 Å². The Kier molecular flexibility index (Phi) is 2.92. The summed E-state index contributed by atoms with van der Waals surface area (Å²) in [6, 6.07) is 1.80. The average molecular weight is 326 g/mol. The summed E-state index contributed by atoms with van der Waals surface area (Å²) in [6.07, 6.45) is 1.68. The Hall–Kier alpha value is -1.05. The van der Waals surface area contributed by atoms with Crippen molar-refractivity contribution >= 4 is 47.4 Å². The van der Waals surface area contributed by atoms with Crippen molar-refractivity contribution in [2.45, 2.75) is 6.92 Å². The smallest absolute Gasteiger partial charge is 0.342 e. The van der Waals surface area contributed by atoms with Gasteiger partial charge in [-0.2, -0.15) is 5.10 Å². The molecule has 0 unspecified atom stereocenters. The number of fused-ring (bicyclic) bond motifs is 1. The normalized spacial score (nSPS) is 10.7. The lowest BCUT2D eigenvalue weighted by Crippen LogP contribution is -2.09. The van der Waals surface area contributed by atoms with Gasteiger partial charge in [0.1, 0.15) is 13.4 Å². The van der Waals surface area contributed by atoms with Crippen LogP contribution in [0.1, 0.15) is 16.1 Å². The molecule has 0 aliphatic carbocycles. The molecule has 2 aromatic heterocycles. The molecule has 2 aromatic rings. The monoisotopic (exact) mass is 326 g/mol. The molecule has 80 valence electrons. The minimum absolute atomic E-state index is 0.379. The molecule has 2 radical (unpaired) electrons. The Morgan fingerprint density at radius 2 is 2.31 bits per heavy atom. The fourth-order valence-electron chi connectivity index (χ4n) is 1.61. The third kappa shape index (κ3) is 1.70. The van der Waals surface area contributed by atoms with Crippen LogP contribution in [-0.2, 0) is 4.74 Å². The lowest BCUT2D eigenvalue weighted by Gasteiger charge is -2.02. The number of ether oxygens (including phenoxy) is 1. The number of nitrogens with zero attached hydrogens (tertiary/aromatic N) is 2. The molecule has 0 atom stereocenters. The van der Waals surface area contributed by atoms with Crippen molar-refractivity contribution in [1.29, 1.82) is 0 Å². The number of carbonyl (C=O) groups is 1. The van der Waals surface area contributed by atoms with E-state index in [4.69, 9.17) is 12.6 Å². The number of methoxy groups -OCH3 is 1. The molecule has 2 heterocycles. The first-order valence-corrected chi connectivity index (χ1v) is 5.64. The molecule has 16 heavy (non-hydrogen) atoms. The van der Waals surface area contributed by atoms with Crippen molar-refractivity contribution in [3.05, 3.63) is 27.1 Å². The molecule has 0 aliphatic heterocycles. The maximum absolute atomic E-state index is 11.6. The highest BCUT2D eigenvalue weighted by molar-refractivity contribution is 14.1. The van der Waals surface area contributed by atoms with Gasteiger partial charge < -0.3 is 4.74 Å². The number of carbonyl (C=O) groups excluding carboxylic acids is 1. The molecule has 4 nitrogen and oxygen atoms in total. The number of pyridine rings is 1. The van der Waals surface area contributed by atoms with Crippen LogP contribution in [0.3, 0.4) is 0 Å². The maximum atomic E-state index is 11.6. The Balaban J connectivity index is 2.84. The standard InChI is InChI=1S/C10H8BIN2O2/c1-5-8(10(15)16-2)9-7(12)3-6(11)4-14(9)13-5/h3-4H,1-2H3. The van der Waals surface area contributed by atoms with E-state index < -0.39 is 0 Å². The summed E-state index contributed by atoms with van der Waals surface area (Å²) in [5.74, 6) is -0.379. The van der Waals surface area contributed by atoms with Gasteiger partial charge in [-0.3, -0.25) is 0 Å². The Morgan fingerprint density at radius 1 is 1.62 bits per heavy atom. The minimum Gasteiger partial charge on any atom is -0.465 e. The van der Waals surface area contributed by atoms with Gasteiger partial charge >= 0.3 is 5.97 Å². The van der Waals surface area contributed by atoms with Crippen molar-refractivity contribution < 1.29 is 9.53 Å². The molecule has 0 N–H and O–H groups in total.